The summed E-state index contributed by atoms with van der Waals surface area (Å²) >= 11 is 6.16. The second-order valence-electron chi connectivity index (χ2n) is 24.7. The largest absolute Gasteiger partial charge is 0.506 e. The number of fused-ring (bicyclic) bond motifs is 3. The van der Waals surface area contributed by atoms with Crippen molar-refractivity contribution in [2.24, 2.45) is 0 Å². The summed E-state index contributed by atoms with van der Waals surface area (Å²) in [4.78, 5) is 64.1. The Bertz CT molecular complexity index is 5160. The first-order valence-electron chi connectivity index (χ1n) is 34.4. The number of benzene rings is 2. The van der Waals surface area contributed by atoms with Crippen molar-refractivity contribution >= 4 is 91.5 Å². The van der Waals surface area contributed by atoms with Gasteiger partial charge >= 0.3 is 0 Å². The number of methoxy groups -OCH3 is 2. The first-order chi connectivity index (χ1) is 52.0. The molecule has 8 N–H and O–H groups in total. The highest BCUT2D eigenvalue weighted by Gasteiger charge is 2.25. The van der Waals surface area contributed by atoms with E-state index in [1.165, 1.54) is 18.6 Å². The lowest BCUT2D eigenvalue weighted by molar-refractivity contribution is 0.414. The minimum Gasteiger partial charge on any atom is -0.506 e. The monoisotopic (exact) mass is 1440 g/mol. The number of nitrogens with zero attached hydrogens (tertiary/aromatic N) is 20. The van der Waals surface area contributed by atoms with Gasteiger partial charge in [-0.15, -0.1) is 0 Å². The van der Waals surface area contributed by atoms with E-state index in [1.54, 1.807) is 69.6 Å². The Morgan fingerprint density at radius 1 is 0.406 bits per heavy atom. The van der Waals surface area contributed by atoms with Crippen LogP contribution in [0.3, 0.4) is 0 Å². The number of nitrogen functional groups attached to an aromatic ring is 1. The van der Waals surface area contributed by atoms with Crippen LogP contribution in [0.4, 0.5) is 46.8 Å². The zero-order valence-electron chi connectivity index (χ0n) is 58.2. The second-order valence-corrected chi connectivity index (χ2v) is 25.1. The number of nitrogens with two attached hydrogens (primary N) is 1. The van der Waals surface area contributed by atoms with Crippen molar-refractivity contribution in [2.75, 3.05) is 134 Å². The fourth-order valence-electron chi connectivity index (χ4n) is 12.4. The van der Waals surface area contributed by atoms with Crippen LogP contribution in [0.15, 0.2) is 214 Å². The van der Waals surface area contributed by atoms with Gasteiger partial charge in [0.05, 0.1) is 66.0 Å². The second kappa shape index (κ2) is 32.9. The number of hydrogen-bond donors (Lipinski definition) is 7. The number of pyridine rings is 6. The molecule has 0 saturated carbocycles. The number of hydrogen-bond acceptors (Lipinski definition) is 26. The lowest BCUT2D eigenvalue weighted by Gasteiger charge is -2.35. The van der Waals surface area contributed by atoms with E-state index in [0.29, 0.717) is 36.6 Å². The predicted molar refractivity (Wildman–Crippen MR) is 412 cm³/mol. The van der Waals surface area contributed by atoms with Gasteiger partial charge in [-0.05, 0) is 138 Å². The summed E-state index contributed by atoms with van der Waals surface area (Å²) in [5.41, 5.74) is 13.8. The van der Waals surface area contributed by atoms with Crippen molar-refractivity contribution in [1.82, 2.24) is 78.8 Å². The number of nitrogens with one attached hydrogen (secondary N) is 3. The molecule has 538 valence electrons. The molecule has 0 radical (unpaired) electrons. The molecule has 0 aliphatic carbocycles. The molecule has 106 heavy (non-hydrogen) atoms. The highest BCUT2D eigenvalue weighted by molar-refractivity contribution is 6.28. The molecule has 12 aromatic heterocycles. The number of aromatic nitrogens is 15. The Hall–Kier alpha value is -13.2. The van der Waals surface area contributed by atoms with E-state index in [9.17, 15) is 10.2 Å². The van der Waals surface area contributed by atoms with Crippen LogP contribution in [-0.2, 0) is 13.1 Å². The van der Waals surface area contributed by atoms with Crippen LogP contribution in [0, 0.1) is 0 Å². The molecule has 3 aliphatic rings. The highest BCUT2D eigenvalue weighted by atomic mass is 35.5. The molecule has 3 saturated heterocycles. The fraction of sp³-hybridized carbons (Fsp3) is 0.211. The lowest BCUT2D eigenvalue weighted by Crippen LogP contribution is -2.47. The molecule has 2 aromatic carbocycles. The van der Waals surface area contributed by atoms with Crippen molar-refractivity contribution in [3.05, 3.63) is 230 Å². The zero-order chi connectivity index (χ0) is 72.7. The molecule has 3 aliphatic heterocycles. The van der Waals surface area contributed by atoms with E-state index in [2.05, 4.69) is 89.9 Å². The van der Waals surface area contributed by atoms with Gasteiger partial charge in [0, 0.05) is 147 Å². The molecule has 3 fully saturated rings. The van der Waals surface area contributed by atoms with Crippen molar-refractivity contribution < 1.29 is 24.8 Å². The number of rotatable bonds is 16. The summed E-state index contributed by atoms with van der Waals surface area (Å²) in [6, 6.07) is 44.0. The maximum atomic E-state index is 9.56. The van der Waals surface area contributed by atoms with Crippen LogP contribution in [0.2, 0.25) is 5.28 Å². The van der Waals surface area contributed by atoms with Crippen molar-refractivity contribution in [1.29, 1.82) is 0 Å². The van der Waals surface area contributed by atoms with E-state index in [4.69, 9.17) is 46.9 Å². The quantitative estimate of drug-likeness (QED) is 0.0442. The number of halogens is 1. The SMILES string of the molecule is COc1ccc(CNc2nc(Cl)nc3c2ccn3-c2ccncc2)cc1.COc1ccc(CNc2nc(N3CCN(c4ccc(O)cn4)CC3)nc3c2ccn3-c2ccncc2)cc1.Nc1nc(N2CCN(c3ccc(O)cn3)CC2)nc2c1ccn2-c1ccncc1.Oc1ccc(N2CCNCC2)nc1. The summed E-state index contributed by atoms with van der Waals surface area (Å²) in [5.74, 6) is 8.13. The Labute approximate surface area is 614 Å². The third-order valence-electron chi connectivity index (χ3n) is 18.1. The Morgan fingerprint density at radius 3 is 1.16 bits per heavy atom. The maximum Gasteiger partial charge on any atom is 0.229 e. The third-order valence-corrected chi connectivity index (χ3v) is 18.3. The van der Waals surface area contributed by atoms with Crippen LogP contribution < -0.4 is 55.7 Å². The summed E-state index contributed by atoms with van der Waals surface area (Å²) in [6.45, 7) is 11.3. The lowest BCUT2D eigenvalue weighted by atomic mass is 10.2. The van der Waals surface area contributed by atoms with E-state index in [0.717, 1.165) is 175 Å². The molecule has 0 amide bonds. The van der Waals surface area contributed by atoms with Gasteiger partial charge in [-0.2, -0.15) is 24.9 Å². The van der Waals surface area contributed by atoms with Gasteiger partial charge in [0.25, 0.3) is 0 Å². The fourth-order valence-corrected chi connectivity index (χ4v) is 12.6. The number of ether oxygens (including phenoxy) is 2. The topological polar surface area (TPSA) is 327 Å². The molecule has 0 bridgehead atoms. The van der Waals surface area contributed by atoms with Gasteiger partial charge < -0.3 is 84.7 Å². The normalized spacial score (nSPS) is 13.6. The highest BCUT2D eigenvalue weighted by Crippen LogP contribution is 2.32. The third kappa shape index (κ3) is 16.7. The van der Waals surface area contributed by atoms with Crippen LogP contribution in [-0.4, -0.2) is 182 Å². The van der Waals surface area contributed by atoms with Crippen LogP contribution in [0.5, 0.6) is 28.7 Å². The Kier molecular flexibility index (Phi) is 21.7. The molecule has 0 spiro atoms. The van der Waals surface area contributed by atoms with Gasteiger partial charge in [-0.1, -0.05) is 24.3 Å². The minimum atomic E-state index is 0.168. The molecule has 15 heterocycles. The van der Waals surface area contributed by atoms with Gasteiger partial charge in [-0.25, -0.2) is 19.9 Å². The van der Waals surface area contributed by atoms with E-state index < -0.39 is 0 Å². The van der Waals surface area contributed by atoms with Gasteiger partial charge in [0.1, 0.15) is 63.7 Å². The minimum absolute atomic E-state index is 0.168. The standard InChI is InChI=1S/C28H28N8O2.C20H20N8O.C19H16ClN5O.C9H13N3O/c1-38-23-5-2-20(3-6-23)18-31-26-24-10-13-36(21-8-11-29-12-9-21)27(24)33-28(32-26)35-16-14-34(15-17-35)25-7-4-22(37)19-30-25;21-18-16-5-8-28(14-3-6-22-7-4-14)19(16)25-20(24-18)27-11-9-26(10-12-27)17-2-1-15(29)13-23-17;1-26-15-4-2-13(3-5-15)12-22-17-16-8-11-25(14-6-9-21-10-7-14)18(16)24-19(20)23-17;13-8-1-2-9(11-7-8)12-5-3-10-4-6-12/h2-13,19,37H,14-18H2,1H3,(H,31,32,33);1-8,13,29H,9-12H2,(H2,21,24,25);2-11H,12H2,1H3,(H,22,23,24);1-2,7,10,13H,3-6H2. The summed E-state index contributed by atoms with van der Waals surface area (Å²) in [7, 11) is 3.32. The molecule has 17 rings (SSSR count). The average molecular weight is 1440 g/mol. The summed E-state index contributed by atoms with van der Waals surface area (Å²) < 4.78 is 16.5. The zero-order valence-corrected chi connectivity index (χ0v) is 58.9. The van der Waals surface area contributed by atoms with Crippen molar-refractivity contribution in [2.45, 2.75) is 13.1 Å². The Morgan fingerprint density at radius 2 is 0.764 bits per heavy atom. The van der Waals surface area contributed by atoms with E-state index in [1.807, 2.05) is 149 Å². The summed E-state index contributed by atoms with van der Waals surface area (Å²) in [5, 5.41) is 41.1. The maximum absolute atomic E-state index is 9.56. The van der Waals surface area contributed by atoms with Crippen molar-refractivity contribution in [3.8, 4) is 45.8 Å². The molecule has 29 nitrogen and oxygen atoms in total. The smallest absolute Gasteiger partial charge is 0.229 e. The molecule has 14 aromatic rings. The number of piperazine rings is 3. The van der Waals surface area contributed by atoms with Gasteiger partial charge in [-0.3, -0.25) is 15.0 Å². The van der Waals surface area contributed by atoms with Gasteiger partial charge in [0.2, 0.25) is 17.2 Å². The first-order valence-corrected chi connectivity index (χ1v) is 34.8. The number of aromatic hydroxyl groups is 3. The predicted octanol–water partition coefficient (Wildman–Crippen LogP) is 9.97. The van der Waals surface area contributed by atoms with E-state index in [-0.39, 0.29) is 22.5 Å². The summed E-state index contributed by atoms with van der Waals surface area (Å²) in [6.07, 6.45) is 20.9. The van der Waals surface area contributed by atoms with E-state index >= 15 is 0 Å². The van der Waals surface area contributed by atoms with Crippen LogP contribution >= 0.6 is 11.6 Å². The molecular weight excluding hydrogens is 1360 g/mol. The molecule has 30 heteroatoms. The van der Waals surface area contributed by atoms with Crippen molar-refractivity contribution in [3.63, 3.8) is 0 Å². The Balaban J connectivity index is 0.000000125. The molecule has 0 unspecified atom stereocenters. The first kappa shape index (κ1) is 69.9. The average Bonchev–Trinajstić information content (AvgIpc) is 1.55. The van der Waals surface area contributed by atoms with Gasteiger partial charge in [0.15, 0.2) is 16.9 Å². The molecule has 0 atom stereocenters. The molecular formula is C76H77ClN24O5. The van der Waals surface area contributed by atoms with Crippen LogP contribution in [0.1, 0.15) is 11.1 Å². The van der Waals surface area contributed by atoms with Crippen LogP contribution in [0.25, 0.3) is 50.2 Å². The number of anilines is 8.